The number of nitrogens with one attached hydrogen (secondary N) is 2. The lowest BCUT2D eigenvalue weighted by molar-refractivity contribution is -0.136. The van der Waals surface area contributed by atoms with Crippen LogP contribution in [0, 0.1) is 5.92 Å². The number of carbonyl (C=O) groups is 1. The van der Waals surface area contributed by atoms with Crippen LogP contribution in [0.4, 0.5) is 17.5 Å². The molecule has 28 heavy (non-hydrogen) atoms. The molecule has 0 bridgehead atoms. The van der Waals surface area contributed by atoms with Crippen LogP contribution in [0.3, 0.4) is 0 Å². The number of likely N-dealkylation sites (N-methyl/N-ethyl adjacent to an activating group) is 1. The van der Waals surface area contributed by atoms with E-state index in [1.165, 1.54) is 6.42 Å². The zero-order valence-corrected chi connectivity index (χ0v) is 17.8. The SMILES string of the molecule is CCOc1ccc(Nc2ncc(Br)c(NCCN(C)C(=O)C3CCC3)n2)cc1. The van der Waals surface area contributed by atoms with Crippen LogP contribution in [0.15, 0.2) is 34.9 Å². The molecule has 0 saturated heterocycles. The zero-order chi connectivity index (χ0) is 19.9. The van der Waals surface area contributed by atoms with Crippen molar-refractivity contribution in [3.8, 4) is 5.75 Å². The number of rotatable bonds is 9. The topological polar surface area (TPSA) is 79.4 Å². The maximum absolute atomic E-state index is 12.2. The minimum absolute atomic E-state index is 0.223. The molecular weight excluding hydrogens is 422 g/mol. The van der Waals surface area contributed by atoms with Gasteiger partial charge in [-0.15, -0.1) is 0 Å². The number of carbonyl (C=O) groups excluding carboxylic acids is 1. The maximum atomic E-state index is 12.2. The highest BCUT2D eigenvalue weighted by Gasteiger charge is 2.27. The summed E-state index contributed by atoms with van der Waals surface area (Å²) < 4.78 is 6.22. The van der Waals surface area contributed by atoms with E-state index < -0.39 is 0 Å². The summed E-state index contributed by atoms with van der Waals surface area (Å²) in [6.45, 7) is 3.84. The number of nitrogens with zero attached hydrogens (tertiary/aromatic N) is 3. The molecule has 0 unspecified atom stereocenters. The number of hydrogen-bond donors (Lipinski definition) is 2. The Labute approximate surface area is 174 Å². The van der Waals surface area contributed by atoms with Gasteiger partial charge in [-0.3, -0.25) is 4.79 Å². The fraction of sp³-hybridized carbons (Fsp3) is 0.450. The molecular formula is C20H26BrN5O2. The summed E-state index contributed by atoms with van der Waals surface area (Å²) in [5.41, 5.74) is 0.877. The fourth-order valence-electron chi connectivity index (χ4n) is 2.90. The van der Waals surface area contributed by atoms with Crippen molar-refractivity contribution < 1.29 is 9.53 Å². The van der Waals surface area contributed by atoms with Crippen LogP contribution < -0.4 is 15.4 Å². The Morgan fingerprint density at radius 3 is 2.71 bits per heavy atom. The third-order valence-electron chi connectivity index (χ3n) is 4.74. The van der Waals surface area contributed by atoms with Crippen molar-refractivity contribution in [2.75, 3.05) is 37.4 Å². The third-order valence-corrected chi connectivity index (χ3v) is 5.32. The van der Waals surface area contributed by atoms with Gasteiger partial charge in [-0.2, -0.15) is 4.98 Å². The average molecular weight is 448 g/mol. The number of aromatic nitrogens is 2. The molecule has 7 nitrogen and oxygen atoms in total. The molecule has 1 aliphatic rings. The van der Waals surface area contributed by atoms with E-state index in [2.05, 4.69) is 36.5 Å². The Kier molecular flexibility index (Phi) is 7.08. The Bertz CT molecular complexity index is 796. The van der Waals surface area contributed by atoms with Crippen LogP contribution in [0.25, 0.3) is 0 Å². The predicted molar refractivity (Wildman–Crippen MR) is 114 cm³/mol. The van der Waals surface area contributed by atoms with E-state index in [9.17, 15) is 4.79 Å². The largest absolute Gasteiger partial charge is 0.494 e. The van der Waals surface area contributed by atoms with Crippen molar-refractivity contribution in [3.05, 3.63) is 34.9 Å². The van der Waals surface area contributed by atoms with E-state index in [0.29, 0.717) is 31.5 Å². The van der Waals surface area contributed by atoms with E-state index in [1.54, 1.807) is 11.1 Å². The van der Waals surface area contributed by atoms with E-state index in [0.717, 1.165) is 28.8 Å². The molecule has 0 spiro atoms. The van der Waals surface area contributed by atoms with Crippen LogP contribution >= 0.6 is 15.9 Å². The van der Waals surface area contributed by atoms with Gasteiger partial charge in [-0.05, 0) is 60.0 Å². The first-order chi connectivity index (χ1) is 13.6. The number of anilines is 3. The van der Waals surface area contributed by atoms with Crippen LogP contribution in [0.1, 0.15) is 26.2 Å². The number of amides is 1. The quantitative estimate of drug-likeness (QED) is 0.603. The number of hydrogen-bond acceptors (Lipinski definition) is 6. The van der Waals surface area contributed by atoms with Gasteiger partial charge in [0, 0.05) is 37.9 Å². The molecule has 0 aliphatic heterocycles. The molecule has 1 fully saturated rings. The van der Waals surface area contributed by atoms with E-state index in [-0.39, 0.29) is 11.8 Å². The molecule has 2 aromatic rings. The molecule has 0 atom stereocenters. The molecule has 1 amide bonds. The van der Waals surface area contributed by atoms with Gasteiger partial charge < -0.3 is 20.3 Å². The molecule has 3 rings (SSSR count). The molecule has 1 aromatic heterocycles. The number of halogens is 1. The average Bonchev–Trinajstić information content (AvgIpc) is 2.64. The van der Waals surface area contributed by atoms with Crippen LogP contribution in [-0.4, -0.2) is 47.5 Å². The third kappa shape index (κ3) is 5.34. The molecule has 1 saturated carbocycles. The summed E-state index contributed by atoms with van der Waals surface area (Å²) in [6, 6.07) is 7.65. The predicted octanol–water partition coefficient (Wildman–Crippen LogP) is 4.05. The van der Waals surface area contributed by atoms with Crippen molar-refractivity contribution in [3.63, 3.8) is 0 Å². The van der Waals surface area contributed by atoms with Gasteiger partial charge in [-0.1, -0.05) is 6.42 Å². The molecule has 0 radical (unpaired) electrons. The molecule has 150 valence electrons. The van der Waals surface area contributed by atoms with Gasteiger partial charge >= 0.3 is 0 Å². The van der Waals surface area contributed by atoms with Crippen molar-refractivity contribution >= 4 is 39.3 Å². The van der Waals surface area contributed by atoms with Gasteiger partial charge in [0.05, 0.1) is 11.1 Å². The summed E-state index contributed by atoms with van der Waals surface area (Å²) in [6.07, 6.45) is 4.92. The van der Waals surface area contributed by atoms with Gasteiger partial charge in [-0.25, -0.2) is 4.98 Å². The summed E-state index contributed by atoms with van der Waals surface area (Å²) in [5.74, 6) is 2.47. The van der Waals surface area contributed by atoms with Gasteiger partial charge in [0.2, 0.25) is 11.9 Å². The minimum atomic E-state index is 0.223. The van der Waals surface area contributed by atoms with Crippen molar-refractivity contribution in [1.82, 2.24) is 14.9 Å². The highest BCUT2D eigenvalue weighted by Crippen LogP contribution is 2.28. The first-order valence-corrected chi connectivity index (χ1v) is 10.4. The second kappa shape index (κ2) is 9.73. The Morgan fingerprint density at radius 1 is 1.32 bits per heavy atom. The van der Waals surface area contributed by atoms with Gasteiger partial charge in [0.1, 0.15) is 11.6 Å². The summed E-state index contributed by atoms with van der Waals surface area (Å²) in [4.78, 5) is 22.8. The number of benzene rings is 1. The van der Waals surface area contributed by atoms with Crippen molar-refractivity contribution in [2.45, 2.75) is 26.2 Å². The van der Waals surface area contributed by atoms with Crippen LogP contribution in [0.2, 0.25) is 0 Å². The second-order valence-corrected chi connectivity index (χ2v) is 7.64. The Balaban J connectivity index is 1.54. The zero-order valence-electron chi connectivity index (χ0n) is 16.2. The summed E-state index contributed by atoms with van der Waals surface area (Å²) >= 11 is 3.47. The van der Waals surface area contributed by atoms with Crippen LogP contribution in [0.5, 0.6) is 5.75 Å². The summed E-state index contributed by atoms with van der Waals surface area (Å²) in [5, 5.41) is 6.46. The van der Waals surface area contributed by atoms with E-state index >= 15 is 0 Å². The van der Waals surface area contributed by atoms with E-state index in [1.807, 2.05) is 38.2 Å². The maximum Gasteiger partial charge on any atom is 0.229 e. The Hall–Kier alpha value is -2.35. The van der Waals surface area contributed by atoms with Crippen LogP contribution in [-0.2, 0) is 4.79 Å². The molecule has 8 heteroatoms. The first-order valence-electron chi connectivity index (χ1n) is 9.58. The van der Waals surface area contributed by atoms with Gasteiger partial charge in [0.15, 0.2) is 0 Å². The minimum Gasteiger partial charge on any atom is -0.494 e. The van der Waals surface area contributed by atoms with E-state index in [4.69, 9.17) is 4.74 Å². The molecule has 1 heterocycles. The van der Waals surface area contributed by atoms with Gasteiger partial charge in [0.25, 0.3) is 0 Å². The summed E-state index contributed by atoms with van der Waals surface area (Å²) in [7, 11) is 1.86. The highest BCUT2D eigenvalue weighted by molar-refractivity contribution is 9.10. The van der Waals surface area contributed by atoms with Crippen molar-refractivity contribution in [2.24, 2.45) is 5.92 Å². The lowest BCUT2D eigenvalue weighted by atomic mass is 9.84. The monoisotopic (exact) mass is 447 g/mol. The highest BCUT2D eigenvalue weighted by atomic mass is 79.9. The molecule has 1 aliphatic carbocycles. The number of ether oxygens (including phenoxy) is 1. The smallest absolute Gasteiger partial charge is 0.229 e. The standard InChI is InChI=1S/C20H26BrN5O2/c1-3-28-16-9-7-15(8-10-16)24-20-23-13-17(21)18(25-20)22-11-12-26(2)19(27)14-5-4-6-14/h7-10,13-14H,3-6,11-12H2,1-2H3,(H2,22,23,24,25). The fourth-order valence-corrected chi connectivity index (χ4v) is 3.23. The Morgan fingerprint density at radius 2 is 2.07 bits per heavy atom. The normalized spacial score (nSPS) is 13.5. The molecule has 2 N–H and O–H groups in total. The van der Waals surface area contributed by atoms with Crippen molar-refractivity contribution in [1.29, 1.82) is 0 Å². The molecule has 1 aromatic carbocycles. The first kappa shape index (κ1) is 20.4. The lowest BCUT2D eigenvalue weighted by Crippen LogP contribution is -2.38. The second-order valence-electron chi connectivity index (χ2n) is 6.79. The lowest BCUT2D eigenvalue weighted by Gasteiger charge is -2.29.